The van der Waals surface area contributed by atoms with Gasteiger partial charge in [0.2, 0.25) is 5.91 Å². The van der Waals surface area contributed by atoms with Gasteiger partial charge in [0, 0.05) is 13.0 Å². The Balaban J connectivity index is 1.79. The fourth-order valence-corrected chi connectivity index (χ4v) is 5.16. The minimum atomic E-state index is -0.363. The Kier molecular flexibility index (Phi) is 7.66. The predicted octanol–water partition coefficient (Wildman–Crippen LogP) is 5.66. The molecule has 0 saturated heterocycles. The van der Waals surface area contributed by atoms with Crippen LogP contribution in [0.4, 0.5) is 0 Å². The number of carbonyl (C=O) groups excluding carboxylic acids is 1. The third-order valence-corrected chi connectivity index (χ3v) is 6.99. The van der Waals surface area contributed by atoms with Gasteiger partial charge in [0.15, 0.2) is 0 Å². The van der Waals surface area contributed by atoms with Crippen LogP contribution in [0.15, 0.2) is 53.3 Å². The highest BCUT2D eigenvalue weighted by atomic mass is 16.5. The van der Waals surface area contributed by atoms with Crippen molar-refractivity contribution in [3.05, 3.63) is 64.7 Å². The number of aromatic nitrogens is 2. The number of methoxy groups -OCH3 is 1. The minimum Gasteiger partial charge on any atom is -0.495 e. The monoisotopic (exact) mass is 461 g/mol. The highest BCUT2D eigenvalue weighted by molar-refractivity contribution is 5.79. The first kappa shape index (κ1) is 24.0. The zero-order valence-corrected chi connectivity index (χ0v) is 20.5. The van der Waals surface area contributed by atoms with Crippen LogP contribution < -0.4 is 10.3 Å². The first-order valence-electron chi connectivity index (χ1n) is 12.5. The fourth-order valence-electron chi connectivity index (χ4n) is 5.16. The number of ether oxygens (including phenoxy) is 1. The zero-order chi connectivity index (χ0) is 24.1. The third kappa shape index (κ3) is 4.86. The second-order valence-corrected chi connectivity index (χ2v) is 9.25. The van der Waals surface area contributed by atoms with Crippen LogP contribution in [-0.2, 0) is 4.79 Å². The van der Waals surface area contributed by atoms with Gasteiger partial charge in [-0.1, -0.05) is 56.9 Å². The Morgan fingerprint density at radius 2 is 1.85 bits per heavy atom. The fraction of sp³-hybridized carbons (Fsp3) is 0.464. The largest absolute Gasteiger partial charge is 0.495 e. The van der Waals surface area contributed by atoms with Crippen molar-refractivity contribution in [3.63, 3.8) is 0 Å². The van der Waals surface area contributed by atoms with Gasteiger partial charge in [-0.05, 0) is 49.9 Å². The summed E-state index contributed by atoms with van der Waals surface area (Å²) in [5.74, 6) is 1.93. The molecule has 0 aliphatic heterocycles. The molecule has 1 fully saturated rings. The van der Waals surface area contributed by atoms with Crippen LogP contribution in [0.3, 0.4) is 0 Å². The summed E-state index contributed by atoms with van der Waals surface area (Å²) in [6.07, 6.45) is 7.34. The molecular formula is C28H35N3O3. The molecule has 6 heteroatoms. The first-order chi connectivity index (χ1) is 16.5. The van der Waals surface area contributed by atoms with Crippen LogP contribution in [-0.4, -0.2) is 34.0 Å². The number of nitrogens with zero attached hydrogens (tertiary/aromatic N) is 3. The second-order valence-electron chi connectivity index (χ2n) is 9.25. The Labute approximate surface area is 201 Å². The van der Waals surface area contributed by atoms with Crippen LogP contribution in [0.5, 0.6) is 5.75 Å². The SMILES string of the molecule is CCCN(C(=O)CCC1CCCC1)C(C)c1nc2ccccc2c(=O)n1-c1ccccc1OC. The number of para-hydroxylation sites is 3. The van der Waals surface area contributed by atoms with E-state index in [0.29, 0.717) is 47.0 Å². The van der Waals surface area contributed by atoms with Crippen LogP contribution in [0.25, 0.3) is 16.6 Å². The summed E-state index contributed by atoms with van der Waals surface area (Å²) in [7, 11) is 1.59. The van der Waals surface area contributed by atoms with E-state index in [1.807, 2.05) is 54.3 Å². The van der Waals surface area contributed by atoms with Crippen molar-refractivity contribution in [2.75, 3.05) is 13.7 Å². The lowest BCUT2D eigenvalue weighted by molar-refractivity contribution is -0.134. The predicted molar refractivity (Wildman–Crippen MR) is 136 cm³/mol. The Morgan fingerprint density at radius 3 is 2.59 bits per heavy atom. The Morgan fingerprint density at radius 1 is 1.15 bits per heavy atom. The summed E-state index contributed by atoms with van der Waals surface area (Å²) in [5, 5.41) is 0.541. The van der Waals surface area contributed by atoms with Crippen LogP contribution in [0, 0.1) is 5.92 Å². The quantitative estimate of drug-likeness (QED) is 0.412. The number of amides is 1. The van der Waals surface area contributed by atoms with Gasteiger partial charge >= 0.3 is 0 Å². The molecular weight excluding hydrogens is 426 g/mol. The molecule has 3 aromatic rings. The highest BCUT2D eigenvalue weighted by Crippen LogP contribution is 2.31. The molecule has 1 amide bonds. The summed E-state index contributed by atoms with van der Waals surface area (Å²) in [5.41, 5.74) is 1.10. The molecule has 1 unspecified atom stereocenters. The summed E-state index contributed by atoms with van der Waals surface area (Å²) in [4.78, 5) is 34.0. The number of rotatable bonds is 9. The summed E-state index contributed by atoms with van der Waals surface area (Å²) in [6, 6.07) is 14.5. The van der Waals surface area contributed by atoms with E-state index in [4.69, 9.17) is 9.72 Å². The van der Waals surface area contributed by atoms with Crippen molar-refractivity contribution in [2.45, 2.75) is 64.8 Å². The molecule has 0 N–H and O–H groups in total. The van der Waals surface area contributed by atoms with Gasteiger partial charge in [-0.15, -0.1) is 0 Å². The molecule has 2 aromatic carbocycles. The van der Waals surface area contributed by atoms with Crippen molar-refractivity contribution in [1.29, 1.82) is 0 Å². The number of benzene rings is 2. The Hall–Kier alpha value is -3.15. The van der Waals surface area contributed by atoms with Crippen molar-refractivity contribution in [3.8, 4) is 11.4 Å². The molecule has 1 atom stereocenters. The number of fused-ring (bicyclic) bond motifs is 1. The maximum atomic E-state index is 13.7. The molecule has 0 spiro atoms. The molecule has 4 rings (SSSR count). The van der Waals surface area contributed by atoms with Crippen molar-refractivity contribution in [2.24, 2.45) is 5.92 Å². The average Bonchev–Trinajstić information content (AvgIpc) is 3.39. The lowest BCUT2D eigenvalue weighted by atomic mass is 10.0. The van der Waals surface area contributed by atoms with E-state index in [9.17, 15) is 9.59 Å². The van der Waals surface area contributed by atoms with Gasteiger partial charge < -0.3 is 9.64 Å². The van der Waals surface area contributed by atoms with Gasteiger partial charge in [-0.3, -0.25) is 14.2 Å². The molecule has 1 aliphatic carbocycles. The molecule has 34 heavy (non-hydrogen) atoms. The lowest BCUT2D eigenvalue weighted by Crippen LogP contribution is -2.38. The van der Waals surface area contributed by atoms with E-state index in [0.717, 1.165) is 12.8 Å². The third-order valence-electron chi connectivity index (χ3n) is 6.99. The zero-order valence-electron chi connectivity index (χ0n) is 20.5. The molecule has 1 heterocycles. The topological polar surface area (TPSA) is 64.4 Å². The minimum absolute atomic E-state index is 0.134. The summed E-state index contributed by atoms with van der Waals surface area (Å²) >= 11 is 0. The summed E-state index contributed by atoms with van der Waals surface area (Å²) in [6.45, 7) is 4.68. The summed E-state index contributed by atoms with van der Waals surface area (Å²) < 4.78 is 7.21. The van der Waals surface area contributed by atoms with Gasteiger partial charge in [-0.25, -0.2) is 4.98 Å². The smallest absolute Gasteiger partial charge is 0.266 e. The van der Waals surface area contributed by atoms with Gasteiger partial charge in [0.05, 0.1) is 29.7 Å². The number of hydrogen-bond donors (Lipinski definition) is 0. The van der Waals surface area contributed by atoms with Crippen LogP contribution >= 0.6 is 0 Å². The molecule has 1 aliphatic rings. The molecule has 1 aromatic heterocycles. The molecule has 6 nitrogen and oxygen atoms in total. The van der Waals surface area contributed by atoms with Crippen molar-refractivity contribution >= 4 is 16.8 Å². The Bertz CT molecular complexity index is 1200. The van der Waals surface area contributed by atoms with E-state index in [2.05, 4.69) is 6.92 Å². The first-order valence-corrected chi connectivity index (χ1v) is 12.5. The van der Waals surface area contributed by atoms with Crippen molar-refractivity contribution < 1.29 is 9.53 Å². The standard InChI is InChI=1S/C28H35N3O3/c1-4-19-30(26(32)18-17-21-11-5-6-12-21)20(2)27-29-23-14-8-7-13-22(23)28(33)31(27)24-15-9-10-16-25(24)34-3/h7-10,13-16,20-21H,4-6,11-12,17-19H2,1-3H3. The lowest BCUT2D eigenvalue weighted by Gasteiger charge is -2.31. The van der Waals surface area contributed by atoms with Gasteiger partial charge in [-0.2, -0.15) is 0 Å². The van der Waals surface area contributed by atoms with Crippen molar-refractivity contribution in [1.82, 2.24) is 14.5 Å². The van der Waals surface area contributed by atoms with Gasteiger partial charge in [0.25, 0.3) is 5.56 Å². The maximum absolute atomic E-state index is 13.7. The molecule has 0 radical (unpaired) electrons. The van der Waals surface area contributed by atoms with Crippen LogP contribution in [0.2, 0.25) is 0 Å². The second kappa shape index (κ2) is 10.9. The number of hydrogen-bond acceptors (Lipinski definition) is 4. The highest BCUT2D eigenvalue weighted by Gasteiger charge is 2.28. The van der Waals surface area contributed by atoms with E-state index in [1.165, 1.54) is 25.7 Å². The van der Waals surface area contributed by atoms with E-state index in [1.54, 1.807) is 17.7 Å². The van der Waals surface area contributed by atoms with Gasteiger partial charge in [0.1, 0.15) is 11.6 Å². The van der Waals surface area contributed by atoms with E-state index >= 15 is 0 Å². The number of carbonyl (C=O) groups is 1. The average molecular weight is 462 g/mol. The molecule has 0 bridgehead atoms. The normalized spacial score (nSPS) is 14.9. The van der Waals surface area contributed by atoms with Crippen LogP contribution in [0.1, 0.15) is 70.7 Å². The molecule has 1 saturated carbocycles. The maximum Gasteiger partial charge on any atom is 0.266 e. The van der Waals surface area contributed by atoms with E-state index in [-0.39, 0.29) is 17.5 Å². The molecule has 180 valence electrons. The van der Waals surface area contributed by atoms with E-state index < -0.39 is 0 Å².